The van der Waals surface area contributed by atoms with Gasteiger partial charge in [0.1, 0.15) is 29.9 Å². The van der Waals surface area contributed by atoms with Crippen molar-refractivity contribution < 1.29 is 13.9 Å². The van der Waals surface area contributed by atoms with Crippen LogP contribution in [0, 0.1) is 11.6 Å². The van der Waals surface area contributed by atoms with Gasteiger partial charge in [0.15, 0.2) is 0 Å². The normalized spacial score (nSPS) is 17.8. The number of aromatic nitrogens is 3. The van der Waals surface area contributed by atoms with Crippen LogP contribution in [0.3, 0.4) is 0 Å². The van der Waals surface area contributed by atoms with E-state index >= 15 is 0 Å². The van der Waals surface area contributed by atoms with Gasteiger partial charge < -0.3 is 10.0 Å². The van der Waals surface area contributed by atoms with E-state index in [1.165, 1.54) is 35.2 Å². The molecular weight excluding hydrogens is 492 g/mol. The number of rotatable bonds is 7. The van der Waals surface area contributed by atoms with Crippen LogP contribution in [0.4, 0.5) is 14.5 Å². The Labute approximate surface area is 201 Å². The number of benzene rings is 2. The summed E-state index contributed by atoms with van der Waals surface area (Å²) in [5, 5.41) is 15.9. The summed E-state index contributed by atoms with van der Waals surface area (Å²) < 4.78 is 31.0. The van der Waals surface area contributed by atoms with Gasteiger partial charge in [-0.15, -0.1) is 0 Å². The van der Waals surface area contributed by atoms with E-state index in [1.807, 2.05) is 26.1 Å². The Morgan fingerprint density at radius 2 is 1.88 bits per heavy atom. The van der Waals surface area contributed by atoms with Gasteiger partial charge in [0, 0.05) is 47.0 Å². The smallest absolute Gasteiger partial charge is 0.137 e. The predicted molar refractivity (Wildman–Crippen MR) is 127 cm³/mol. The Hall–Kier alpha value is -2.36. The molecule has 1 aliphatic heterocycles. The van der Waals surface area contributed by atoms with Gasteiger partial charge in [-0.1, -0.05) is 22.0 Å². The summed E-state index contributed by atoms with van der Waals surface area (Å²) in [5.41, 5.74) is -0.405. The molecule has 2 heterocycles. The average Bonchev–Trinajstić information content (AvgIpc) is 3.31. The number of aliphatic hydroxyl groups is 1. The lowest BCUT2D eigenvalue weighted by Crippen LogP contribution is -2.55. The van der Waals surface area contributed by atoms with Crippen LogP contribution in [-0.4, -0.2) is 57.0 Å². The molecule has 0 bridgehead atoms. The van der Waals surface area contributed by atoms with Crippen molar-refractivity contribution in [1.29, 1.82) is 0 Å². The van der Waals surface area contributed by atoms with Crippen molar-refractivity contribution >= 4 is 21.6 Å². The van der Waals surface area contributed by atoms with Gasteiger partial charge >= 0.3 is 0 Å². The minimum Gasteiger partial charge on any atom is -0.381 e. The molecule has 1 aromatic heterocycles. The maximum Gasteiger partial charge on any atom is 0.137 e. The monoisotopic (exact) mass is 519 g/mol. The molecule has 0 unspecified atom stereocenters. The van der Waals surface area contributed by atoms with Gasteiger partial charge in [-0.2, -0.15) is 5.10 Å². The summed E-state index contributed by atoms with van der Waals surface area (Å²) in [6, 6.07) is 11.3. The van der Waals surface area contributed by atoms with Crippen molar-refractivity contribution in [1.82, 2.24) is 19.7 Å². The van der Waals surface area contributed by atoms with Crippen molar-refractivity contribution in [3.63, 3.8) is 0 Å². The molecule has 1 N–H and O–H groups in total. The average molecular weight is 520 g/mol. The lowest BCUT2D eigenvalue weighted by molar-refractivity contribution is -0.0697. The summed E-state index contributed by atoms with van der Waals surface area (Å²) >= 11 is 3.48. The van der Waals surface area contributed by atoms with Crippen molar-refractivity contribution in [2.24, 2.45) is 0 Å². The molecule has 0 amide bonds. The standard InChI is InChI=1S/C24H28BrF2N5O/c1-17(30(2)20-9-11-31(12-10-20)21-6-3-18(25)4-7-21)24(33,14-32-16-28-15-29-32)22-8-5-19(26)13-23(22)27/h3-8,13,15-17,20,33H,9-12,14H2,1-2H3/t17-,24-/m1/s1. The first kappa shape index (κ1) is 23.8. The van der Waals surface area contributed by atoms with E-state index in [2.05, 4.69) is 47.9 Å². The second kappa shape index (κ2) is 9.87. The minimum absolute atomic E-state index is 0.00119. The van der Waals surface area contributed by atoms with Gasteiger partial charge in [0.25, 0.3) is 0 Å². The highest BCUT2D eigenvalue weighted by molar-refractivity contribution is 9.10. The molecule has 1 aliphatic rings. The molecular formula is C24H28BrF2N5O. The fraction of sp³-hybridized carbons (Fsp3) is 0.417. The van der Waals surface area contributed by atoms with Gasteiger partial charge in [0.05, 0.1) is 6.54 Å². The Morgan fingerprint density at radius 1 is 1.18 bits per heavy atom. The van der Waals surface area contributed by atoms with Crippen LogP contribution < -0.4 is 4.90 Å². The van der Waals surface area contributed by atoms with Crippen LogP contribution in [-0.2, 0) is 12.1 Å². The van der Waals surface area contributed by atoms with E-state index in [0.717, 1.165) is 36.5 Å². The Kier molecular flexibility index (Phi) is 7.11. The van der Waals surface area contributed by atoms with Crippen molar-refractivity contribution in [2.45, 2.75) is 44.0 Å². The Bertz CT molecular complexity index is 1060. The lowest BCUT2D eigenvalue weighted by Gasteiger charge is -2.45. The molecule has 9 heteroatoms. The second-order valence-corrected chi connectivity index (χ2v) is 9.59. The number of halogens is 3. The summed E-state index contributed by atoms with van der Waals surface area (Å²) in [5.74, 6) is -1.45. The molecule has 6 nitrogen and oxygen atoms in total. The maximum absolute atomic E-state index is 14.8. The topological polar surface area (TPSA) is 57.4 Å². The van der Waals surface area contributed by atoms with Crippen molar-refractivity contribution in [2.75, 3.05) is 25.0 Å². The third-order valence-electron chi connectivity index (χ3n) is 6.80. The molecule has 4 rings (SSSR count). The SMILES string of the molecule is C[C@@H](N(C)C1CCN(c2ccc(Br)cc2)CC1)[C@](O)(Cn1cncn1)c1ccc(F)cc1F. The van der Waals surface area contributed by atoms with Crippen LogP contribution in [0.5, 0.6) is 0 Å². The number of hydrogen-bond donors (Lipinski definition) is 1. The third-order valence-corrected chi connectivity index (χ3v) is 7.33. The quantitative estimate of drug-likeness (QED) is 0.507. The van der Waals surface area contributed by atoms with E-state index in [4.69, 9.17) is 0 Å². The highest BCUT2D eigenvalue weighted by Gasteiger charge is 2.43. The summed E-state index contributed by atoms with van der Waals surface area (Å²) in [7, 11) is 1.96. The van der Waals surface area contributed by atoms with Gasteiger partial charge in [-0.05, 0) is 57.1 Å². The van der Waals surface area contributed by atoms with Crippen molar-refractivity contribution in [3.05, 3.63) is 76.8 Å². The number of likely N-dealkylation sites (N-methyl/N-ethyl adjacent to an activating group) is 1. The highest BCUT2D eigenvalue weighted by Crippen LogP contribution is 2.34. The van der Waals surface area contributed by atoms with Crippen LogP contribution in [0.1, 0.15) is 25.3 Å². The molecule has 0 radical (unpaired) electrons. The fourth-order valence-corrected chi connectivity index (χ4v) is 4.94. The number of nitrogens with zero attached hydrogens (tertiary/aromatic N) is 5. The molecule has 1 saturated heterocycles. The first-order chi connectivity index (χ1) is 15.8. The van der Waals surface area contributed by atoms with E-state index in [1.54, 1.807) is 0 Å². The first-order valence-corrected chi connectivity index (χ1v) is 11.8. The van der Waals surface area contributed by atoms with Gasteiger partial charge in [-0.25, -0.2) is 18.4 Å². The van der Waals surface area contributed by atoms with E-state index in [0.29, 0.717) is 0 Å². The van der Waals surface area contributed by atoms with Crippen LogP contribution in [0.25, 0.3) is 0 Å². The zero-order chi connectivity index (χ0) is 23.6. The third kappa shape index (κ3) is 5.10. The molecule has 0 aliphatic carbocycles. The predicted octanol–water partition coefficient (Wildman–Crippen LogP) is 4.20. The molecule has 2 aromatic carbocycles. The number of hydrogen-bond acceptors (Lipinski definition) is 5. The zero-order valence-corrected chi connectivity index (χ0v) is 20.3. The number of anilines is 1. The minimum atomic E-state index is -1.64. The van der Waals surface area contributed by atoms with E-state index in [-0.39, 0.29) is 18.2 Å². The maximum atomic E-state index is 14.8. The molecule has 0 saturated carbocycles. The van der Waals surface area contributed by atoms with E-state index < -0.39 is 23.3 Å². The zero-order valence-electron chi connectivity index (χ0n) is 18.7. The Balaban J connectivity index is 1.53. The van der Waals surface area contributed by atoms with Gasteiger partial charge in [-0.3, -0.25) is 4.90 Å². The molecule has 3 aromatic rings. The lowest BCUT2D eigenvalue weighted by atomic mass is 9.84. The largest absolute Gasteiger partial charge is 0.381 e. The van der Waals surface area contributed by atoms with Crippen LogP contribution in [0.15, 0.2) is 59.6 Å². The molecule has 2 atom stereocenters. The Morgan fingerprint density at radius 3 is 2.48 bits per heavy atom. The van der Waals surface area contributed by atoms with Crippen LogP contribution >= 0.6 is 15.9 Å². The summed E-state index contributed by atoms with van der Waals surface area (Å²) in [6.45, 7) is 3.64. The summed E-state index contributed by atoms with van der Waals surface area (Å²) in [6.07, 6.45) is 4.66. The molecule has 33 heavy (non-hydrogen) atoms. The molecule has 0 spiro atoms. The second-order valence-electron chi connectivity index (χ2n) is 8.68. The fourth-order valence-electron chi connectivity index (χ4n) is 4.68. The van der Waals surface area contributed by atoms with Crippen molar-refractivity contribution in [3.8, 4) is 0 Å². The highest BCUT2D eigenvalue weighted by atomic mass is 79.9. The molecule has 176 valence electrons. The first-order valence-electron chi connectivity index (χ1n) is 11.0. The number of piperidine rings is 1. The summed E-state index contributed by atoms with van der Waals surface area (Å²) in [4.78, 5) is 8.40. The van der Waals surface area contributed by atoms with Crippen LogP contribution in [0.2, 0.25) is 0 Å². The van der Waals surface area contributed by atoms with E-state index in [9.17, 15) is 13.9 Å². The molecule has 1 fully saturated rings. The van der Waals surface area contributed by atoms with Gasteiger partial charge in [0.2, 0.25) is 0 Å².